The van der Waals surface area contributed by atoms with Crippen LogP contribution < -0.4 is 5.32 Å². The van der Waals surface area contributed by atoms with Gasteiger partial charge in [0.2, 0.25) is 0 Å². The molecule has 2 N–H and O–H groups in total. The third-order valence-electron chi connectivity index (χ3n) is 4.12. The molecule has 0 aliphatic carbocycles. The molecule has 1 aliphatic heterocycles. The molecule has 1 aromatic carbocycles. The second kappa shape index (κ2) is 7.04. The molecule has 0 aromatic heterocycles. The van der Waals surface area contributed by atoms with Crippen LogP contribution >= 0.6 is 0 Å². The van der Waals surface area contributed by atoms with E-state index in [-0.39, 0.29) is 6.61 Å². The van der Waals surface area contributed by atoms with Crippen LogP contribution in [-0.2, 0) is 13.0 Å². The Hall–Kier alpha value is -0.900. The van der Waals surface area contributed by atoms with Crippen molar-refractivity contribution in [2.45, 2.75) is 39.3 Å². The molecule has 106 valence electrons. The molecule has 1 unspecified atom stereocenters. The van der Waals surface area contributed by atoms with Gasteiger partial charge in [0.15, 0.2) is 0 Å². The van der Waals surface area contributed by atoms with Crippen LogP contribution in [0.1, 0.15) is 43.0 Å². The van der Waals surface area contributed by atoms with Crippen molar-refractivity contribution in [2.75, 3.05) is 26.2 Å². The van der Waals surface area contributed by atoms with Crippen molar-refractivity contribution in [2.24, 2.45) is 0 Å². The third-order valence-corrected chi connectivity index (χ3v) is 4.12. The van der Waals surface area contributed by atoms with E-state index in [2.05, 4.69) is 42.3 Å². The van der Waals surface area contributed by atoms with E-state index in [9.17, 15) is 0 Å². The number of hydrogen-bond acceptors (Lipinski definition) is 3. The van der Waals surface area contributed by atoms with Gasteiger partial charge in [-0.15, -0.1) is 0 Å². The number of aliphatic hydroxyl groups excluding tert-OH is 1. The first-order chi connectivity index (χ1) is 9.26. The predicted molar refractivity (Wildman–Crippen MR) is 79.2 cm³/mol. The van der Waals surface area contributed by atoms with E-state index in [1.165, 1.54) is 23.2 Å². The van der Waals surface area contributed by atoms with Gasteiger partial charge in [0.05, 0.1) is 0 Å². The summed E-state index contributed by atoms with van der Waals surface area (Å²) in [5.74, 6) is 0. The van der Waals surface area contributed by atoms with Gasteiger partial charge in [0.1, 0.15) is 0 Å². The van der Waals surface area contributed by atoms with Crippen molar-refractivity contribution in [1.29, 1.82) is 0 Å². The summed E-state index contributed by atoms with van der Waals surface area (Å²) in [7, 11) is 0. The average Bonchev–Trinajstić information content (AvgIpc) is 2.44. The highest BCUT2D eigenvalue weighted by Gasteiger charge is 2.22. The highest BCUT2D eigenvalue weighted by atomic mass is 16.3. The lowest BCUT2D eigenvalue weighted by molar-refractivity contribution is 0.209. The van der Waals surface area contributed by atoms with Gasteiger partial charge < -0.3 is 10.4 Å². The van der Waals surface area contributed by atoms with Crippen molar-refractivity contribution in [3.8, 4) is 0 Å². The topological polar surface area (TPSA) is 35.5 Å². The van der Waals surface area contributed by atoms with Crippen molar-refractivity contribution in [3.63, 3.8) is 0 Å². The van der Waals surface area contributed by atoms with E-state index in [1.807, 2.05) is 0 Å². The Bertz CT molecular complexity index is 406. The summed E-state index contributed by atoms with van der Waals surface area (Å²) >= 11 is 0. The lowest BCUT2D eigenvalue weighted by Crippen LogP contribution is -2.33. The number of hydrogen-bond donors (Lipinski definition) is 2. The Labute approximate surface area is 116 Å². The Morgan fingerprint density at radius 1 is 1.42 bits per heavy atom. The normalized spacial score (nSPS) is 19.4. The molecule has 0 fully saturated rings. The minimum atomic E-state index is 0.265. The Kier molecular flexibility index (Phi) is 5.37. The van der Waals surface area contributed by atoms with Crippen molar-refractivity contribution in [3.05, 3.63) is 34.9 Å². The van der Waals surface area contributed by atoms with Crippen LogP contribution in [0.15, 0.2) is 18.2 Å². The quantitative estimate of drug-likeness (QED) is 0.771. The van der Waals surface area contributed by atoms with Crippen LogP contribution in [-0.4, -0.2) is 36.2 Å². The minimum absolute atomic E-state index is 0.265. The third kappa shape index (κ3) is 3.56. The van der Waals surface area contributed by atoms with Crippen LogP contribution in [0.5, 0.6) is 0 Å². The van der Waals surface area contributed by atoms with Gasteiger partial charge in [-0.2, -0.15) is 0 Å². The highest BCUT2D eigenvalue weighted by Crippen LogP contribution is 2.29. The first kappa shape index (κ1) is 14.5. The molecule has 1 atom stereocenters. The molecule has 3 heteroatoms. The monoisotopic (exact) mass is 262 g/mol. The number of likely N-dealkylation sites (N-methyl/N-ethyl adjacent to an activating group) is 1. The molecule has 19 heavy (non-hydrogen) atoms. The van der Waals surface area contributed by atoms with Crippen LogP contribution in [0.4, 0.5) is 0 Å². The van der Waals surface area contributed by atoms with Gasteiger partial charge in [-0.05, 0) is 49.5 Å². The maximum Gasteiger partial charge on any atom is 0.0443 e. The zero-order valence-corrected chi connectivity index (χ0v) is 12.2. The second-order valence-electron chi connectivity index (χ2n) is 5.34. The van der Waals surface area contributed by atoms with Crippen LogP contribution in [0, 0.1) is 0 Å². The Morgan fingerprint density at radius 2 is 2.26 bits per heavy atom. The largest absolute Gasteiger partial charge is 0.396 e. The molecule has 0 saturated heterocycles. The summed E-state index contributed by atoms with van der Waals surface area (Å²) in [6.07, 6.45) is 1.99. The molecule has 0 bridgehead atoms. The van der Waals surface area contributed by atoms with Crippen LogP contribution in [0.25, 0.3) is 0 Å². The first-order valence-corrected chi connectivity index (χ1v) is 7.43. The molecular weight excluding hydrogens is 236 g/mol. The van der Waals surface area contributed by atoms with Gasteiger partial charge in [-0.1, -0.05) is 25.1 Å². The summed E-state index contributed by atoms with van der Waals surface area (Å²) in [6, 6.07) is 7.43. The number of fused-ring (bicyclic) bond motifs is 1. The van der Waals surface area contributed by atoms with Gasteiger partial charge >= 0.3 is 0 Å². The molecule has 2 rings (SSSR count). The molecule has 3 nitrogen and oxygen atoms in total. The zero-order valence-electron chi connectivity index (χ0n) is 12.2. The molecule has 0 saturated carbocycles. The fraction of sp³-hybridized carbons (Fsp3) is 0.625. The number of aliphatic hydroxyl groups is 1. The molecule has 0 spiro atoms. The fourth-order valence-corrected chi connectivity index (χ4v) is 2.92. The zero-order chi connectivity index (χ0) is 13.7. The smallest absolute Gasteiger partial charge is 0.0443 e. The van der Waals surface area contributed by atoms with Crippen molar-refractivity contribution < 1.29 is 5.11 Å². The summed E-state index contributed by atoms with van der Waals surface area (Å²) in [4.78, 5) is 2.53. The Morgan fingerprint density at radius 3 is 3.00 bits per heavy atom. The standard InChI is InChI=1S/C16H26N2O/c1-3-18-9-7-15-11-14(12-17-8-4-10-19)5-6-16(15)13(18)2/h5-6,11,13,17,19H,3-4,7-10,12H2,1-2H3. The second-order valence-corrected chi connectivity index (χ2v) is 5.34. The summed E-state index contributed by atoms with van der Waals surface area (Å²) in [5, 5.41) is 12.1. The molecule has 1 heterocycles. The molecule has 0 amide bonds. The number of benzene rings is 1. The fourth-order valence-electron chi connectivity index (χ4n) is 2.92. The number of rotatable bonds is 6. The molecule has 1 aliphatic rings. The molecule has 1 aromatic rings. The van der Waals surface area contributed by atoms with Crippen molar-refractivity contribution >= 4 is 0 Å². The first-order valence-electron chi connectivity index (χ1n) is 7.43. The SMILES string of the molecule is CCN1CCc2cc(CNCCCO)ccc2C1C. The predicted octanol–water partition coefficient (Wildman–Crippen LogP) is 2.10. The van der Waals surface area contributed by atoms with Gasteiger partial charge in [-0.3, -0.25) is 4.90 Å². The van der Waals surface area contributed by atoms with Crippen LogP contribution in [0.2, 0.25) is 0 Å². The number of nitrogens with zero attached hydrogens (tertiary/aromatic N) is 1. The van der Waals surface area contributed by atoms with Gasteiger partial charge in [0, 0.05) is 25.7 Å². The van der Waals surface area contributed by atoms with Crippen molar-refractivity contribution in [1.82, 2.24) is 10.2 Å². The molecule has 0 radical (unpaired) electrons. The maximum atomic E-state index is 8.75. The van der Waals surface area contributed by atoms with E-state index in [0.717, 1.165) is 32.5 Å². The van der Waals surface area contributed by atoms with Crippen LogP contribution in [0.3, 0.4) is 0 Å². The minimum Gasteiger partial charge on any atom is -0.396 e. The Balaban J connectivity index is 2.00. The maximum absolute atomic E-state index is 8.75. The van der Waals surface area contributed by atoms with E-state index in [1.54, 1.807) is 0 Å². The van der Waals surface area contributed by atoms with E-state index >= 15 is 0 Å². The number of nitrogens with one attached hydrogen (secondary N) is 1. The lowest BCUT2D eigenvalue weighted by atomic mass is 9.92. The molecular formula is C16H26N2O. The summed E-state index contributed by atoms with van der Waals surface area (Å²) < 4.78 is 0. The van der Waals surface area contributed by atoms with E-state index in [0.29, 0.717) is 6.04 Å². The van der Waals surface area contributed by atoms with E-state index < -0.39 is 0 Å². The summed E-state index contributed by atoms with van der Waals surface area (Å²) in [5.41, 5.74) is 4.36. The summed E-state index contributed by atoms with van der Waals surface area (Å²) in [6.45, 7) is 8.90. The van der Waals surface area contributed by atoms with Gasteiger partial charge in [0.25, 0.3) is 0 Å². The highest BCUT2D eigenvalue weighted by molar-refractivity contribution is 5.36. The van der Waals surface area contributed by atoms with Gasteiger partial charge in [-0.25, -0.2) is 0 Å². The lowest BCUT2D eigenvalue weighted by Gasteiger charge is -2.34. The average molecular weight is 262 g/mol. The van der Waals surface area contributed by atoms with E-state index in [4.69, 9.17) is 5.11 Å².